The molecule has 5 nitrogen and oxygen atoms in total. The SMILES string of the molecule is Cc1nc2cnccn2c1CCC(=O)O. The molecular formula is C10H11N3O2. The van der Waals surface area contributed by atoms with Gasteiger partial charge in [-0.1, -0.05) is 0 Å². The number of carbonyl (C=O) groups is 1. The molecule has 2 aromatic rings. The van der Waals surface area contributed by atoms with Crippen molar-refractivity contribution in [3.63, 3.8) is 0 Å². The van der Waals surface area contributed by atoms with Crippen molar-refractivity contribution in [3.05, 3.63) is 30.0 Å². The number of aromatic nitrogens is 3. The molecule has 0 amide bonds. The van der Waals surface area contributed by atoms with Gasteiger partial charge in [0, 0.05) is 24.5 Å². The fourth-order valence-corrected chi connectivity index (χ4v) is 1.60. The van der Waals surface area contributed by atoms with E-state index < -0.39 is 5.97 Å². The third-order valence-electron chi connectivity index (χ3n) is 2.30. The van der Waals surface area contributed by atoms with E-state index in [4.69, 9.17) is 5.11 Å². The van der Waals surface area contributed by atoms with E-state index in [2.05, 4.69) is 9.97 Å². The standard InChI is InChI=1S/C10H11N3O2/c1-7-8(2-3-10(14)15)13-5-4-11-6-9(13)12-7/h4-6H,2-3H2,1H3,(H,14,15). The van der Waals surface area contributed by atoms with Gasteiger partial charge in [-0.15, -0.1) is 0 Å². The monoisotopic (exact) mass is 205 g/mol. The van der Waals surface area contributed by atoms with E-state index in [0.29, 0.717) is 6.42 Å². The predicted molar refractivity (Wildman–Crippen MR) is 53.7 cm³/mol. The summed E-state index contributed by atoms with van der Waals surface area (Å²) in [5.41, 5.74) is 2.56. The lowest BCUT2D eigenvalue weighted by Gasteiger charge is -1.99. The van der Waals surface area contributed by atoms with Crippen molar-refractivity contribution in [1.29, 1.82) is 0 Å². The van der Waals surface area contributed by atoms with E-state index >= 15 is 0 Å². The van der Waals surface area contributed by atoms with Crippen molar-refractivity contribution >= 4 is 11.6 Å². The first kappa shape index (κ1) is 9.64. The maximum Gasteiger partial charge on any atom is 0.303 e. The molecule has 2 aromatic heterocycles. The fourth-order valence-electron chi connectivity index (χ4n) is 1.60. The van der Waals surface area contributed by atoms with Crippen LogP contribution in [0.4, 0.5) is 0 Å². The zero-order valence-electron chi connectivity index (χ0n) is 8.34. The van der Waals surface area contributed by atoms with E-state index in [0.717, 1.165) is 17.0 Å². The number of aliphatic carboxylic acids is 1. The molecule has 0 aliphatic carbocycles. The lowest BCUT2D eigenvalue weighted by molar-refractivity contribution is -0.136. The Kier molecular flexibility index (Phi) is 2.37. The molecule has 2 heterocycles. The minimum atomic E-state index is -0.793. The molecule has 0 saturated heterocycles. The van der Waals surface area contributed by atoms with Gasteiger partial charge in [-0.3, -0.25) is 9.78 Å². The smallest absolute Gasteiger partial charge is 0.303 e. The van der Waals surface area contributed by atoms with Crippen molar-refractivity contribution in [2.24, 2.45) is 0 Å². The minimum Gasteiger partial charge on any atom is -0.481 e. The highest BCUT2D eigenvalue weighted by molar-refractivity contribution is 5.67. The van der Waals surface area contributed by atoms with Crippen LogP contribution in [-0.2, 0) is 11.2 Å². The molecular weight excluding hydrogens is 194 g/mol. The lowest BCUT2D eigenvalue weighted by atomic mass is 10.2. The number of carboxylic acid groups (broad SMARTS) is 1. The summed E-state index contributed by atoms with van der Waals surface area (Å²) in [5, 5.41) is 8.63. The Morgan fingerprint density at radius 2 is 2.40 bits per heavy atom. The van der Waals surface area contributed by atoms with E-state index in [1.807, 2.05) is 11.3 Å². The molecule has 5 heteroatoms. The fraction of sp³-hybridized carbons (Fsp3) is 0.300. The molecule has 0 aliphatic heterocycles. The van der Waals surface area contributed by atoms with Gasteiger partial charge in [0.15, 0.2) is 5.65 Å². The quantitative estimate of drug-likeness (QED) is 0.813. The van der Waals surface area contributed by atoms with Gasteiger partial charge in [0.05, 0.1) is 18.3 Å². The van der Waals surface area contributed by atoms with Crippen LogP contribution in [0.3, 0.4) is 0 Å². The zero-order chi connectivity index (χ0) is 10.8. The number of fused-ring (bicyclic) bond motifs is 1. The molecule has 0 aliphatic rings. The summed E-state index contributed by atoms with van der Waals surface area (Å²) in [6.07, 6.45) is 5.74. The van der Waals surface area contributed by atoms with Gasteiger partial charge >= 0.3 is 5.97 Å². The van der Waals surface area contributed by atoms with Crippen LogP contribution < -0.4 is 0 Å². The number of hydrogen-bond acceptors (Lipinski definition) is 3. The van der Waals surface area contributed by atoms with Crippen LogP contribution in [0.15, 0.2) is 18.6 Å². The summed E-state index contributed by atoms with van der Waals surface area (Å²) in [7, 11) is 0. The van der Waals surface area contributed by atoms with E-state index in [-0.39, 0.29) is 6.42 Å². The topological polar surface area (TPSA) is 67.5 Å². The normalized spacial score (nSPS) is 10.7. The number of aryl methyl sites for hydroxylation is 2. The molecule has 0 bridgehead atoms. The first-order valence-corrected chi connectivity index (χ1v) is 4.68. The van der Waals surface area contributed by atoms with Gasteiger partial charge in [0.25, 0.3) is 0 Å². The van der Waals surface area contributed by atoms with Gasteiger partial charge in [0.2, 0.25) is 0 Å². The van der Waals surface area contributed by atoms with Crippen LogP contribution in [0.25, 0.3) is 5.65 Å². The van der Waals surface area contributed by atoms with Crippen molar-refractivity contribution in [2.75, 3.05) is 0 Å². The molecule has 0 spiro atoms. The Morgan fingerprint density at radius 1 is 1.60 bits per heavy atom. The van der Waals surface area contributed by atoms with Crippen LogP contribution in [0, 0.1) is 6.92 Å². The van der Waals surface area contributed by atoms with Gasteiger partial charge < -0.3 is 9.51 Å². The number of imidazole rings is 1. The number of rotatable bonds is 3. The third-order valence-corrected chi connectivity index (χ3v) is 2.30. The average molecular weight is 205 g/mol. The summed E-state index contributed by atoms with van der Waals surface area (Å²) in [6.45, 7) is 1.88. The molecule has 15 heavy (non-hydrogen) atoms. The Bertz CT molecular complexity index is 504. The highest BCUT2D eigenvalue weighted by atomic mass is 16.4. The first-order chi connectivity index (χ1) is 7.18. The largest absolute Gasteiger partial charge is 0.481 e. The average Bonchev–Trinajstić information content (AvgIpc) is 2.50. The first-order valence-electron chi connectivity index (χ1n) is 4.68. The molecule has 0 radical (unpaired) electrons. The van der Waals surface area contributed by atoms with Gasteiger partial charge in [-0.05, 0) is 6.92 Å². The highest BCUT2D eigenvalue weighted by Gasteiger charge is 2.09. The van der Waals surface area contributed by atoms with Crippen LogP contribution in [0.5, 0.6) is 0 Å². The molecule has 78 valence electrons. The Morgan fingerprint density at radius 3 is 3.13 bits per heavy atom. The van der Waals surface area contributed by atoms with Crippen molar-refractivity contribution < 1.29 is 9.90 Å². The second-order valence-electron chi connectivity index (χ2n) is 3.34. The Hall–Kier alpha value is -1.91. The zero-order valence-corrected chi connectivity index (χ0v) is 8.34. The third kappa shape index (κ3) is 1.81. The molecule has 0 atom stereocenters. The molecule has 0 aromatic carbocycles. The minimum absolute atomic E-state index is 0.122. The summed E-state index contributed by atoms with van der Waals surface area (Å²) < 4.78 is 1.88. The van der Waals surface area contributed by atoms with Crippen LogP contribution >= 0.6 is 0 Å². The summed E-state index contributed by atoms with van der Waals surface area (Å²) in [4.78, 5) is 18.8. The lowest BCUT2D eigenvalue weighted by Crippen LogP contribution is -2.01. The van der Waals surface area contributed by atoms with Gasteiger partial charge in [0.1, 0.15) is 0 Å². The number of hydrogen-bond donors (Lipinski definition) is 1. The summed E-state index contributed by atoms with van der Waals surface area (Å²) in [5.74, 6) is -0.793. The van der Waals surface area contributed by atoms with Gasteiger partial charge in [-0.25, -0.2) is 4.98 Å². The number of carboxylic acids is 1. The Balaban J connectivity index is 2.40. The van der Waals surface area contributed by atoms with Crippen molar-refractivity contribution in [2.45, 2.75) is 19.8 Å². The van der Waals surface area contributed by atoms with Crippen molar-refractivity contribution in [1.82, 2.24) is 14.4 Å². The summed E-state index contributed by atoms with van der Waals surface area (Å²) >= 11 is 0. The second kappa shape index (κ2) is 3.68. The van der Waals surface area contributed by atoms with Gasteiger partial charge in [-0.2, -0.15) is 0 Å². The highest BCUT2D eigenvalue weighted by Crippen LogP contribution is 2.12. The number of nitrogens with zero attached hydrogens (tertiary/aromatic N) is 3. The molecule has 2 rings (SSSR count). The van der Waals surface area contributed by atoms with Crippen LogP contribution in [-0.4, -0.2) is 25.4 Å². The maximum atomic E-state index is 10.5. The molecule has 0 fully saturated rings. The van der Waals surface area contributed by atoms with E-state index in [9.17, 15) is 4.79 Å². The Labute approximate surface area is 86.4 Å². The molecule has 1 N–H and O–H groups in total. The van der Waals surface area contributed by atoms with E-state index in [1.54, 1.807) is 18.6 Å². The van der Waals surface area contributed by atoms with Crippen LogP contribution in [0.1, 0.15) is 17.8 Å². The second-order valence-corrected chi connectivity index (χ2v) is 3.34. The summed E-state index contributed by atoms with van der Waals surface area (Å²) in [6, 6.07) is 0. The van der Waals surface area contributed by atoms with E-state index in [1.165, 1.54) is 0 Å². The molecule has 0 saturated carbocycles. The van der Waals surface area contributed by atoms with Crippen molar-refractivity contribution in [3.8, 4) is 0 Å². The predicted octanol–water partition coefficient (Wildman–Crippen LogP) is 1.05. The maximum absolute atomic E-state index is 10.5. The van der Waals surface area contributed by atoms with Crippen LogP contribution in [0.2, 0.25) is 0 Å². The molecule has 0 unspecified atom stereocenters.